The predicted molar refractivity (Wildman–Crippen MR) is 128 cm³/mol. The molecule has 6 nitrogen and oxygen atoms in total. The minimum absolute atomic E-state index is 0.109. The number of allylic oxidation sites excluding steroid dienone is 1. The van der Waals surface area contributed by atoms with E-state index >= 15 is 0 Å². The zero-order chi connectivity index (χ0) is 23.5. The molecule has 6 heteroatoms. The van der Waals surface area contributed by atoms with Gasteiger partial charge in [-0.3, -0.25) is 9.69 Å². The second-order valence-corrected chi connectivity index (χ2v) is 9.21. The van der Waals surface area contributed by atoms with Gasteiger partial charge in [0.1, 0.15) is 23.9 Å². The molecule has 1 heterocycles. The van der Waals surface area contributed by atoms with E-state index in [1.807, 2.05) is 38.1 Å². The Morgan fingerprint density at radius 1 is 1.12 bits per heavy atom. The molecule has 176 valence electrons. The summed E-state index contributed by atoms with van der Waals surface area (Å²) in [6.45, 7) is 8.76. The van der Waals surface area contributed by atoms with E-state index in [1.54, 1.807) is 7.11 Å². The van der Waals surface area contributed by atoms with Crippen LogP contribution < -0.4 is 14.2 Å². The van der Waals surface area contributed by atoms with E-state index in [0.717, 1.165) is 42.2 Å². The highest BCUT2D eigenvalue weighted by Gasteiger charge is 2.33. The van der Waals surface area contributed by atoms with Crippen LogP contribution in [0.15, 0.2) is 42.0 Å². The molecule has 2 aromatic rings. The summed E-state index contributed by atoms with van der Waals surface area (Å²) >= 11 is 0. The fourth-order valence-electron chi connectivity index (χ4n) is 4.57. The highest BCUT2D eigenvalue weighted by molar-refractivity contribution is 5.73. The van der Waals surface area contributed by atoms with Gasteiger partial charge in [0.2, 0.25) is 0 Å². The summed E-state index contributed by atoms with van der Waals surface area (Å²) in [6, 6.07) is 12.1. The first-order chi connectivity index (χ1) is 15.8. The third-order valence-electron chi connectivity index (χ3n) is 6.45. The number of hydrogen-bond donors (Lipinski definition) is 1. The minimum Gasteiger partial charge on any atom is -0.496 e. The molecular formula is C27H33NO5. The van der Waals surface area contributed by atoms with Crippen LogP contribution >= 0.6 is 0 Å². The fourth-order valence-corrected chi connectivity index (χ4v) is 4.57. The molecule has 0 aromatic heterocycles. The van der Waals surface area contributed by atoms with E-state index in [4.69, 9.17) is 19.3 Å². The number of methoxy groups -OCH3 is 1. The lowest BCUT2D eigenvalue weighted by Crippen LogP contribution is -2.50. The van der Waals surface area contributed by atoms with E-state index in [-0.39, 0.29) is 12.0 Å². The summed E-state index contributed by atoms with van der Waals surface area (Å²) in [5.41, 5.74) is 6.26. The van der Waals surface area contributed by atoms with E-state index in [1.165, 1.54) is 22.3 Å². The first-order valence-corrected chi connectivity index (χ1v) is 11.6. The maximum atomic E-state index is 11.0. The molecule has 0 amide bonds. The second-order valence-electron chi connectivity index (χ2n) is 9.21. The average Bonchev–Trinajstić information content (AvgIpc) is 2.75. The maximum absolute atomic E-state index is 11.0. The van der Waals surface area contributed by atoms with E-state index in [2.05, 4.69) is 24.0 Å². The Kier molecular flexibility index (Phi) is 6.94. The van der Waals surface area contributed by atoms with E-state index < -0.39 is 5.97 Å². The number of carboxylic acids is 1. The molecule has 4 rings (SSSR count). The Balaban J connectivity index is 1.40. The standard InChI is InChI=1S/C27H33NO5/c1-17(2)33-24-8-7-21(26(12-24)31-4)16-32-23-9-10-25-18(3)20(6-5-19(25)11-23)13-28-14-22(15-28)27(29)30/h7-12,17,22H,5-6,13-16H2,1-4H3,(H,29,30). The molecule has 0 unspecified atom stereocenters. The Morgan fingerprint density at radius 2 is 1.88 bits per heavy atom. The Morgan fingerprint density at radius 3 is 2.58 bits per heavy atom. The topological polar surface area (TPSA) is 68.2 Å². The van der Waals surface area contributed by atoms with Crippen molar-refractivity contribution >= 4 is 11.5 Å². The SMILES string of the molecule is COc1cc(OC(C)C)ccc1COc1ccc2c(c1)CCC(CN1CC(C(=O)O)C1)=C2C. The molecule has 1 aliphatic heterocycles. The number of likely N-dealkylation sites (tertiary alicyclic amines) is 1. The zero-order valence-corrected chi connectivity index (χ0v) is 19.9. The van der Waals surface area contributed by atoms with E-state index in [9.17, 15) is 4.79 Å². The molecule has 0 atom stereocenters. The van der Waals surface area contributed by atoms with Crippen molar-refractivity contribution in [3.63, 3.8) is 0 Å². The maximum Gasteiger partial charge on any atom is 0.309 e. The Hall–Kier alpha value is -2.99. The van der Waals surface area contributed by atoms with Gasteiger partial charge in [-0.15, -0.1) is 0 Å². The summed E-state index contributed by atoms with van der Waals surface area (Å²) in [5.74, 6) is 1.50. The van der Waals surface area contributed by atoms with Crippen LogP contribution in [-0.2, 0) is 17.8 Å². The number of aryl methyl sites for hydroxylation is 1. The molecule has 0 bridgehead atoms. The van der Waals surface area contributed by atoms with Crippen molar-refractivity contribution in [3.05, 3.63) is 58.7 Å². The van der Waals surface area contributed by atoms with Crippen molar-refractivity contribution in [2.75, 3.05) is 26.7 Å². The fraction of sp³-hybridized carbons (Fsp3) is 0.444. The number of rotatable bonds is 9. The molecule has 0 radical (unpaired) electrons. The van der Waals surface area contributed by atoms with Crippen molar-refractivity contribution in [3.8, 4) is 17.2 Å². The molecular weight excluding hydrogens is 418 g/mol. The van der Waals surface area contributed by atoms with Gasteiger partial charge in [0.25, 0.3) is 0 Å². The van der Waals surface area contributed by atoms with Crippen LogP contribution in [-0.4, -0.2) is 48.8 Å². The lowest BCUT2D eigenvalue weighted by atomic mass is 9.85. The van der Waals surface area contributed by atoms with Crippen LogP contribution in [0.3, 0.4) is 0 Å². The molecule has 1 fully saturated rings. The normalized spacial score (nSPS) is 16.4. The first-order valence-electron chi connectivity index (χ1n) is 11.6. The summed E-state index contributed by atoms with van der Waals surface area (Å²) in [6.07, 6.45) is 2.08. The average molecular weight is 452 g/mol. The molecule has 1 aliphatic carbocycles. The second kappa shape index (κ2) is 9.87. The summed E-state index contributed by atoms with van der Waals surface area (Å²) in [4.78, 5) is 13.3. The zero-order valence-electron chi connectivity index (χ0n) is 19.9. The van der Waals surface area contributed by atoms with Gasteiger partial charge in [-0.05, 0) is 74.6 Å². The highest BCUT2D eigenvalue weighted by atomic mass is 16.5. The van der Waals surface area contributed by atoms with Crippen molar-refractivity contribution in [1.29, 1.82) is 0 Å². The number of carboxylic acid groups (broad SMARTS) is 1. The number of benzene rings is 2. The third-order valence-corrected chi connectivity index (χ3v) is 6.45. The number of carbonyl (C=O) groups is 1. The minimum atomic E-state index is -0.684. The van der Waals surface area contributed by atoms with Crippen molar-refractivity contribution in [2.45, 2.75) is 46.3 Å². The van der Waals surface area contributed by atoms with Gasteiger partial charge in [0.05, 0.1) is 19.1 Å². The number of ether oxygens (including phenoxy) is 3. The molecule has 1 N–H and O–H groups in total. The monoisotopic (exact) mass is 451 g/mol. The number of nitrogens with zero attached hydrogens (tertiary/aromatic N) is 1. The molecule has 1 saturated heterocycles. The van der Waals surface area contributed by atoms with Crippen molar-refractivity contribution in [2.24, 2.45) is 5.92 Å². The van der Waals surface area contributed by atoms with Crippen LogP contribution in [0.4, 0.5) is 0 Å². The number of hydrogen-bond acceptors (Lipinski definition) is 5. The predicted octanol–water partition coefficient (Wildman–Crippen LogP) is 4.80. The number of aliphatic carboxylic acids is 1. The van der Waals surface area contributed by atoms with Crippen molar-refractivity contribution < 1.29 is 24.1 Å². The molecule has 2 aromatic carbocycles. The summed E-state index contributed by atoms with van der Waals surface area (Å²) < 4.78 is 17.4. The van der Waals surface area contributed by atoms with Crippen LogP contribution in [0.2, 0.25) is 0 Å². The molecule has 0 spiro atoms. The number of fused-ring (bicyclic) bond motifs is 1. The van der Waals surface area contributed by atoms with Gasteiger partial charge in [0.15, 0.2) is 0 Å². The van der Waals surface area contributed by atoms with Gasteiger partial charge in [-0.1, -0.05) is 11.6 Å². The molecule has 2 aliphatic rings. The summed E-state index contributed by atoms with van der Waals surface area (Å²) in [7, 11) is 1.66. The largest absolute Gasteiger partial charge is 0.496 e. The van der Waals surface area contributed by atoms with Gasteiger partial charge < -0.3 is 19.3 Å². The Bertz CT molecular complexity index is 1050. The molecule has 33 heavy (non-hydrogen) atoms. The highest BCUT2D eigenvalue weighted by Crippen LogP contribution is 2.35. The van der Waals surface area contributed by atoms with Gasteiger partial charge >= 0.3 is 5.97 Å². The smallest absolute Gasteiger partial charge is 0.309 e. The first kappa shape index (κ1) is 23.2. The third kappa shape index (κ3) is 5.33. The lowest BCUT2D eigenvalue weighted by molar-refractivity contribution is -0.147. The van der Waals surface area contributed by atoms with Gasteiger partial charge in [-0.25, -0.2) is 0 Å². The Labute approximate surface area is 195 Å². The molecule has 0 saturated carbocycles. The van der Waals surface area contributed by atoms with Gasteiger partial charge in [-0.2, -0.15) is 0 Å². The van der Waals surface area contributed by atoms with Crippen LogP contribution in [0.25, 0.3) is 5.57 Å². The quantitative estimate of drug-likeness (QED) is 0.591. The lowest BCUT2D eigenvalue weighted by Gasteiger charge is -2.38. The van der Waals surface area contributed by atoms with Crippen LogP contribution in [0.1, 0.15) is 43.9 Å². The van der Waals surface area contributed by atoms with Crippen LogP contribution in [0, 0.1) is 5.92 Å². The van der Waals surface area contributed by atoms with Gasteiger partial charge in [0, 0.05) is 31.3 Å². The van der Waals surface area contributed by atoms with Crippen LogP contribution in [0.5, 0.6) is 17.2 Å². The van der Waals surface area contributed by atoms with Crippen molar-refractivity contribution in [1.82, 2.24) is 4.90 Å². The van der Waals surface area contributed by atoms with E-state index in [0.29, 0.717) is 19.7 Å². The summed E-state index contributed by atoms with van der Waals surface area (Å²) in [5, 5.41) is 9.09.